The molecular weight excluding hydrogens is 298 g/mol. The minimum atomic E-state index is -0.124. The van der Waals surface area contributed by atoms with Gasteiger partial charge in [0.2, 0.25) is 5.91 Å². The van der Waals surface area contributed by atoms with Crippen LogP contribution in [0.5, 0.6) is 11.5 Å². The van der Waals surface area contributed by atoms with E-state index in [0.717, 1.165) is 4.88 Å². The Morgan fingerprint density at radius 1 is 1.30 bits per heavy atom. The third kappa shape index (κ3) is 3.43. The topological polar surface area (TPSA) is 47.6 Å². The number of thiophene rings is 1. The second kappa shape index (κ2) is 6.63. The summed E-state index contributed by atoms with van der Waals surface area (Å²) in [6, 6.07) is 7.09. The number of nitrogens with one attached hydrogen (secondary N) is 1. The minimum Gasteiger partial charge on any atom is -0.493 e. The Hall–Kier alpha value is -1.72. The van der Waals surface area contributed by atoms with Crippen LogP contribution in [0.4, 0.5) is 5.69 Å². The fraction of sp³-hybridized carbons (Fsp3) is 0.214. The summed E-state index contributed by atoms with van der Waals surface area (Å²) in [5.74, 6) is 0.915. The van der Waals surface area contributed by atoms with Crippen molar-refractivity contribution in [1.29, 1.82) is 0 Å². The number of amides is 1. The van der Waals surface area contributed by atoms with Gasteiger partial charge in [0.05, 0.1) is 31.4 Å². The van der Waals surface area contributed by atoms with Crippen molar-refractivity contribution >= 4 is 34.5 Å². The van der Waals surface area contributed by atoms with E-state index in [-0.39, 0.29) is 5.91 Å². The van der Waals surface area contributed by atoms with E-state index in [9.17, 15) is 4.79 Å². The first-order chi connectivity index (χ1) is 9.63. The third-order valence-electron chi connectivity index (χ3n) is 2.66. The van der Waals surface area contributed by atoms with E-state index in [1.54, 1.807) is 23.5 Å². The molecule has 0 aliphatic rings. The molecule has 20 heavy (non-hydrogen) atoms. The average Bonchev–Trinajstić information content (AvgIpc) is 2.93. The number of methoxy groups -OCH3 is 2. The van der Waals surface area contributed by atoms with Crippen LogP contribution in [0.3, 0.4) is 0 Å². The first kappa shape index (κ1) is 14.7. The van der Waals surface area contributed by atoms with Gasteiger partial charge in [-0.05, 0) is 11.4 Å². The van der Waals surface area contributed by atoms with E-state index < -0.39 is 0 Å². The maximum atomic E-state index is 12.0. The molecule has 1 amide bonds. The molecule has 6 heteroatoms. The molecule has 1 aromatic carbocycles. The van der Waals surface area contributed by atoms with Gasteiger partial charge >= 0.3 is 0 Å². The molecule has 0 atom stereocenters. The highest BCUT2D eigenvalue weighted by molar-refractivity contribution is 7.10. The SMILES string of the molecule is COc1cc(Cl)c(NC(=O)Cc2cccs2)cc1OC. The van der Waals surface area contributed by atoms with Gasteiger partial charge in [-0.1, -0.05) is 17.7 Å². The standard InChI is InChI=1S/C14H14ClNO3S/c1-18-12-7-10(15)11(8-13(12)19-2)16-14(17)6-9-4-3-5-20-9/h3-5,7-8H,6H2,1-2H3,(H,16,17). The number of hydrogen-bond acceptors (Lipinski definition) is 4. The Balaban J connectivity index is 2.14. The summed E-state index contributed by atoms with van der Waals surface area (Å²) in [4.78, 5) is 13.0. The average molecular weight is 312 g/mol. The zero-order chi connectivity index (χ0) is 14.5. The van der Waals surface area contributed by atoms with Gasteiger partial charge in [0.15, 0.2) is 11.5 Å². The number of hydrogen-bond donors (Lipinski definition) is 1. The van der Waals surface area contributed by atoms with Gasteiger partial charge in [0.25, 0.3) is 0 Å². The lowest BCUT2D eigenvalue weighted by atomic mass is 10.2. The van der Waals surface area contributed by atoms with E-state index in [1.807, 2.05) is 17.5 Å². The van der Waals surface area contributed by atoms with Crippen LogP contribution in [0.25, 0.3) is 0 Å². The Kier molecular flexibility index (Phi) is 4.87. The van der Waals surface area contributed by atoms with Gasteiger partial charge in [-0.15, -0.1) is 11.3 Å². The number of anilines is 1. The molecular formula is C14H14ClNO3S. The predicted octanol–water partition coefficient (Wildman–Crippen LogP) is 3.60. The Morgan fingerprint density at radius 3 is 2.60 bits per heavy atom. The lowest BCUT2D eigenvalue weighted by molar-refractivity contribution is -0.115. The van der Waals surface area contributed by atoms with Crippen LogP contribution in [-0.2, 0) is 11.2 Å². The van der Waals surface area contributed by atoms with Crippen molar-refractivity contribution < 1.29 is 14.3 Å². The summed E-state index contributed by atoms with van der Waals surface area (Å²) in [5.41, 5.74) is 0.505. The quantitative estimate of drug-likeness (QED) is 0.917. The summed E-state index contributed by atoms with van der Waals surface area (Å²) in [7, 11) is 3.06. The second-order valence-corrected chi connectivity index (χ2v) is 5.43. The monoisotopic (exact) mass is 311 g/mol. The lowest BCUT2D eigenvalue weighted by Crippen LogP contribution is -2.14. The molecule has 0 unspecified atom stereocenters. The first-order valence-electron chi connectivity index (χ1n) is 5.87. The van der Waals surface area contributed by atoms with E-state index >= 15 is 0 Å². The molecule has 0 aliphatic carbocycles. The molecule has 2 aromatic rings. The molecule has 0 aliphatic heterocycles. The van der Waals surface area contributed by atoms with Crippen LogP contribution in [0, 0.1) is 0 Å². The summed E-state index contributed by atoms with van der Waals surface area (Å²) in [6.45, 7) is 0. The van der Waals surface area contributed by atoms with Crippen LogP contribution in [0.1, 0.15) is 4.88 Å². The number of halogens is 1. The number of ether oxygens (including phenoxy) is 2. The zero-order valence-corrected chi connectivity index (χ0v) is 12.7. The van der Waals surface area contributed by atoms with Gasteiger partial charge < -0.3 is 14.8 Å². The van der Waals surface area contributed by atoms with E-state index in [2.05, 4.69) is 5.32 Å². The maximum Gasteiger partial charge on any atom is 0.229 e. The van der Waals surface area contributed by atoms with Gasteiger partial charge in [0, 0.05) is 17.0 Å². The molecule has 0 saturated heterocycles. The van der Waals surface area contributed by atoms with E-state index in [1.165, 1.54) is 14.2 Å². The first-order valence-corrected chi connectivity index (χ1v) is 7.13. The molecule has 0 saturated carbocycles. The summed E-state index contributed by atoms with van der Waals surface area (Å²) >= 11 is 7.66. The minimum absolute atomic E-state index is 0.124. The largest absolute Gasteiger partial charge is 0.493 e. The predicted molar refractivity (Wildman–Crippen MR) is 81.2 cm³/mol. The molecule has 0 fully saturated rings. The van der Waals surface area contributed by atoms with Crippen molar-refractivity contribution in [1.82, 2.24) is 0 Å². The second-order valence-electron chi connectivity index (χ2n) is 3.99. The van der Waals surface area contributed by atoms with Crippen LogP contribution in [-0.4, -0.2) is 20.1 Å². The molecule has 1 N–H and O–H groups in total. The molecule has 0 spiro atoms. The fourth-order valence-electron chi connectivity index (χ4n) is 1.72. The molecule has 106 valence electrons. The third-order valence-corrected chi connectivity index (χ3v) is 3.85. The summed E-state index contributed by atoms with van der Waals surface area (Å²) < 4.78 is 10.3. The van der Waals surface area contributed by atoms with Gasteiger partial charge in [-0.3, -0.25) is 4.79 Å². The fourth-order valence-corrected chi connectivity index (χ4v) is 2.62. The Bertz CT molecular complexity index is 599. The highest BCUT2D eigenvalue weighted by Crippen LogP contribution is 2.36. The molecule has 1 aromatic heterocycles. The molecule has 0 radical (unpaired) electrons. The number of benzene rings is 1. The smallest absolute Gasteiger partial charge is 0.229 e. The van der Waals surface area contributed by atoms with Crippen molar-refractivity contribution in [2.24, 2.45) is 0 Å². The summed E-state index contributed by atoms with van der Waals surface area (Å²) in [5, 5.41) is 5.12. The highest BCUT2D eigenvalue weighted by atomic mass is 35.5. The van der Waals surface area contributed by atoms with Crippen molar-refractivity contribution in [3.8, 4) is 11.5 Å². The number of carbonyl (C=O) groups excluding carboxylic acids is 1. The van der Waals surface area contributed by atoms with Crippen LogP contribution in [0.15, 0.2) is 29.6 Å². The van der Waals surface area contributed by atoms with E-state index in [4.69, 9.17) is 21.1 Å². The van der Waals surface area contributed by atoms with Gasteiger partial charge in [0.1, 0.15) is 0 Å². The van der Waals surface area contributed by atoms with Crippen molar-refractivity contribution in [3.63, 3.8) is 0 Å². The van der Waals surface area contributed by atoms with Crippen molar-refractivity contribution in [3.05, 3.63) is 39.5 Å². The van der Waals surface area contributed by atoms with Crippen LogP contribution >= 0.6 is 22.9 Å². The molecule has 2 rings (SSSR count). The van der Waals surface area contributed by atoms with Crippen LogP contribution in [0.2, 0.25) is 5.02 Å². The normalized spacial score (nSPS) is 10.2. The Labute approximate surface area is 126 Å². The van der Waals surface area contributed by atoms with Crippen molar-refractivity contribution in [2.45, 2.75) is 6.42 Å². The Morgan fingerprint density at radius 2 is 2.00 bits per heavy atom. The molecule has 4 nitrogen and oxygen atoms in total. The highest BCUT2D eigenvalue weighted by Gasteiger charge is 2.12. The summed E-state index contributed by atoms with van der Waals surface area (Å²) in [6.07, 6.45) is 0.322. The van der Waals surface area contributed by atoms with Crippen LogP contribution < -0.4 is 14.8 Å². The number of carbonyl (C=O) groups is 1. The maximum absolute atomic E-state index is 12.0. The molecule has 0 bridgehead atoms. The lowest BCUT2D eigenvalue weighted by Gasteiger charge is -2.12. The van der Waals surface area contributed by atoms with Crippen molar-refractivity contribution in [2.75, 3.05) is 19.5 Å². The number of rotatable bonds is 5. The van der Waals surface area contributed by atoms with E-state index in [0.29, 0.717) is 28.6 Å². The van der Waals surface area contributed by atoms with Gasteiger partial charge in [-0.25, -0.2) is 0 Å². The van der Waals surface area contributed by atoms with Gasteiger partial charge in [-0.2, -0.15) is 0 Å². The zero-order valence-electron chi connectivity index (χ0n) is 11.1. The molecule has 1 heterocycles.